The number of carbonyl (C=O) groups is 2. The predicted octanol–water partition coefficient (Wildman–Crippen LogP) is 1.57. The van der Waals surface area contributed by atoms with Crippen LogP contribution < -0.4 is 9.47 Å². The SMILES string of the molecule is COCCOc1cc([N+](=O)[O-])c(C(=O)N2CCC(C)(C(=O)O)C2)cc1OC. The van der Waals surface area contributed by atoms with Crippen LogP contribution in [0.4, 0.5) is 5.69 Å². The van der Waals surface area contributed by atoms with Gasteiger partial charge in [0, 0.05) is 26.3 Å². The number of benzene rings is 1. The quantitative estimate of drug-likeness (QED) is 0.407. The predicted molar refractivity (Wildman–Crippen MR) is 93.3 cm³/mol. The molecule has 1 N–H and O–H groups in total. The van der Waals surface area contributed by atoms with E-state index in [0.717, 1.165) is 6.07 Å². The Labute approximate surface area is 155 Å². The molecule has 1 aliphatic rings. The number of methoxy groups -OCH3 is 2. The first-order valence-electron chi connectivity index (χ1n) is 8.24. The lowest BCUT2D eigenvalue weighted by Gasteiger charge is -2.20. The highest BCUT2D eigenvalue weighted by molar-refractivity contribution is 5.99. The van der Waals surface area contributed by atoms with Gasteiger partial charge in [-0.3, -0.25) is 19.7 Å². The van der Waals surface area contributed by atoms with Crippen LogP contribution in [0.15, 0.2) is 12.1 Å². The highest BCUT2D eigenvalue weighted by atomic mass is 16.6. The molecule has 1 fully saturated rings. The maximum Gasteiger partial charge on any atom is 0.311 e. The van der Waals surface area contributed by atoms with E-state index in [-0.39, 0.29) is 49.8 Å². The van der Waals surface area contributed by atoms with Crippen molar-refractivity contribution in [2.75, 3.05) is 40.5 Å². The molecule has 10 heteroatoms. The Morgan fingerprint density at radius 1 is 1.30 bits per heavy atom. The average Bonchev–Trinajstić information content (AvgIpc) is 3.04. The molecule has 1 heterocycles. The van der Waals surface area contributed by atoms with E-state index in [1.54, 1.807) is 6.92 Å². The minimum atomic E-state index is -1.07. The summed E-state index contributed by atoms with van der Waals surface area (Å²) in [6, 6.07) is 2.38. The summed E-state index contributed by atoms with van der Waals surface area (Å²) in [4.78, 5) is 36.3. The van der Waals surface area contributed by atoms with E-state index in [4.69, 9.17) is 14.2 Å². The van der Waals surface area contributed by atoms with Gasteiger partial charge >= 0.3 is 5.97 Å². The standard InChI is InChI=1S/C17H22N2O8/c1-17(16(21)22)4-5-18(10-17)15(20)11-8-13(26-3)14(27-7-6-25-2)9-12(11)19(23)24/h8-9H,4-7,10H2,1-3H3,(H,21,22). The number of aliphatic carboxylic acids is 1. The van der Waals surface area contributed by atoms with Crippen molar-refractivity contribution in [2.45, 2.75) is 13.3 Å². The van der Waals surface area contributed by atoms with Gasteiger partial charge in [0.1, 0.15) is 12.2 Å². The van der Waals surface area contributed by atoms with E-state index in [9.17, 15) is 24.8 Å². The minimum Gasteiger partial charge on any atom is -0.493 e. The second-order valence-corrected chi connectivity index (χ2v) is 6.46. The van der Waals surface area contributed by atoms with Crippen molar-refractivity contribution < 1.29 is 33.8 Å². The van der Waals surface area contributed by atoms with Crippen LogP contribution in [0, 0.1) is 15.5 Å². The molecule has 1 atom stereocenters. The zero-order chi connectivity index (χ0) is 20.2. The lowest BCUT2D eigenvalue weighted by atomic mass is 9.90. The minimum absolute atomic E-state index is 0.0211. The Hall–Kier alpha value is -2.88. The van der Waals surface area contributed by atoms with E-state index >= 15 is 0 Å². The number of nitrogens with zero attached hydrogens (tertiary/aromatic N) is 2. The molecule has 1 aromatic rings. The fraction of sp³-hybridized carbons (Fsp3) is 0.529. The van der Waals surface area contributed by atoms with Crippen LogP contribution >= 0.6 is 0 Å². The van der Waals surface area contributed by atoms with Gasteiger partial charge in [0.05, 0.1) is 30.1 Å². The fourth-order valence-corrected chi connectivity index (χ4v) is 2.86. The summed E-state index contributed by atoms with van der Waals surface area (Å²) in [5, 5.41) is 20.8. The van der Waals surface area contributed by atoms with E-state index in [0.29, 0.717) is 0 Å². The van der Waals surface area contributed by atoms with Crippen LogP contribution in [0.1, 0.15) is 23.7 Å². The van der Waals surface area contributed by atoms with E-state index in [2.05, 4.69) is 0 Å². The summed E-state index contributed by atoms with van der Waals surface area (Å²) < 4.78 is 15.5. The van der Waals surface area contributed by atoms with Crippen molar-refractivity contribution in [1.29, 1.82) is 0 Å². The van der Waals surface area contributed by atoms with Crippen LogP contribution in [0.5, 0.6) is 11.5 Å². The van der Waals surface area contributed by atoms with Crippen LogP contribution in [0.25, 0.3) is 0 Å². The monoisotopic (exact) mass is 382 g/mol. The Morgan fingerprint density at radius 2 is 2.00 bits per heavy atom. The molecule has 2 rings (SSSR count). The van der Waals surface area contributed by atoms with Crippen molar-refractivity contribution in [3.63, 3.8) is 0 Å². The molecular weight excluding hydrogens is 360 g/mol. The Balaban J connectivity index is 2.36. The molecule has 1 unspecified atom stereocenters. The van der Waals surface area contributed by atoms with Crippen LogP contribution in [-0.4, -0.2) is 67.3 Å². The summed E-state index contributed by atoms with van der Waals surface area (Å²) in [5.74, 6) is -1.34. The maximum atomic E-state index is 12.8. The molecular formula is C17H22N2O8. The number of hydrogen-bond donors (Lipinski definition) is 1. The first-order valence-corrected chi connectivity index (χ1v) is 8.24. The van der Waals surface area contributed by atoms with Gasteiger partial charge in [-0.2, -0.15) is 0 Å². The number of rotatable bonds is 8. The highest BCUT2D eigenvalue weighted by Gasteiger charge is 2.43. The summed E-state index contributed by atoms with van der Waals surface area (Å²) in [6.07, 6.45) is 0.275. The number of ether oxygens (including phenoxy) is 3. The molecule has 0 radical (unpaired) electrons. The second-order valence-electron chi connectivity index (χ2n) is 6.46. The summed E-state index contributed by atoms with van der Waals surface area (Å²) in [7, 11) is 2.85. The second kappa shape index (κ2) is 8.21. The lowest BCUT2D eigenvalue weighted by molar-refractivity contribution is -0.385. The molecule has 0 bridgehead atoms. The van der Waals surface area contributed by atoms with Gasteiger partial charge < -0.3 is 24.2 Å². The molecule has 0 saturated carbocycles. The smallest absolute Gasteiger partial charge is 0.311 e. The number of nitro groups is 1. The number of nitro benzene ring substituents is 1. The molecule has 1 saturated heterocycles. The van der Waals surface area contributed by atoms with Gasteiger partial charge in [0.25, 0.3) is 11.6 Å². The molecule has 1 aliphatic heterocycles. The van der Waals surface area contributed by atoms with E-state index in [1.165, 1.54) is 25.2 Å². The van der Waals surface area contributed by atoms with Gasteiger partial charge in [0.2, 0.25) is 0 Å². The van der Waals surface area contributed by atoms with Crippen LogP contribution in [0.2, 0.25) is 0 Å². The van der Waals surface area contributed by atoms with Crippen LogP contribution in [0.3, 0.4) is 0 Å². The zero-order valence-electron chi connectivity index (χ0n) is 15.4. The van der Waals surface area contributed by atoms with Crippen molar-refractivity contribution >= 4 is 17.6 Å². The number of likely N-dealkylation sites (tertiary alicyclic amines) is 1. The van der Waals surface area contributed by atoms with Gasteiger partial charge in [-0.05, 0) is 13.3 Å². The fourth-order valence-electron chi connectivity index (χ4n) is 2.86. The van der Waals surface area contributed by atoms with E-state index in [1.807, 2.05) is 0 Å². The number of carboxylic acids is 1. The van der Waals surface area contributed by atoms with Crippen molar-refractivity contribution in [2.24, 2.45) is 5.41 Å². The summed E-state index contributed by atoms with van der Waals surface area (Å²) >= 11 is 0. The Bertz CT molecular complexity index is 751. The van der Waals surface area contributed by atoms with Gasteiger partial charge in [0.15, 0.2) is 11.5 Å². The third-order valence-corrected chi connectivity index (χ3v) is 4.53. The number of hydrogen-bond acceptors (Lipinski definition) is 7. The number of carboxylic acid groups (broad SMARTS) is 1. The molecule has 10 nitrogen and oxygen atoms in total. The molecule has 148 valence electrons. The molecule has 0 aromatic heterocycles. The third-order valence-electron chi connectivity index (χ3n) is 4.53. The third kappa shape index (κ3) is 4.27. The Morgan fingerprint density at radius 3 is 2.52 bits per heavy atom. The number of amides is 1. The van der Waals surface area contributed by atoms with Gasteiger partial charge in [-0.15, -0.1) is 0 Å². The zero-order valence-corrected chi connectivity index (χ0v) is 15.4. The summed E-state index contributed by atoms with van der Waals surface area (Å²) in [6.45, 7) is 2.16. The lowest BCUT2D eigenvalue weighted by Crippen LogP contribution is -2.35. The molecule has 27 heavy (non-hydrogen) atoms. The van der Waals surface area contributed by atoms with Gasteiger partial charge in [-0.1, -0.05) is 0 Å². The average molecular weight is 382 g/mol. The molecule has 0 spiro atoms. The Kier molecular flexibility index (Phi) is 6.21. The van der Waals surface area contributed by atoms with Crippen molar-refractivity contribution in [3.8, 4) is 11.5 Å². The van der Waals surface area contributed by atoms with Gasteiger partial charge in [-0.25, -0.2) is 0 Å². The topological polar surface area (TPSA) is 128 Å². The normalized spacial score (nSPS) is 19.0. The highest BCUT2D eigenvalue weighted by Crippen LogP contribution is 2.37. The van der Waals surface area contributed by atoms with Crippen molar-refractivity contribution in [3.05, 3.63) is 27.8 Å². The molecule has 1 aromatic carbocycles. The largest absolute Gasteiger partial charge is 0.493 e. The first kappa shape index (κ1) is 20.4. The van der Waals surface area contributed by atoms with Crippen molar-refractivity contribution in [1.82, 2.24) is 4.90 Å². The first-order chi connectivity index (χ1) is 12.7. The molecule has 1 amide bonds. The number of carbonyl (C=O) groups excluding carboxylic acids is 1. The van der Waals surface area contributed by atoms with Crippen LogP contribution in [-0.2, 0) is 9.53 Å². The molecule has 0 aliphatic carbocycles. The maximum absolute atomic E-state index is 12.8. The van der Waals surface area contributed by atoms with E-state index < -0.39 is 27.9 Å². The summed E-state index contributed by atoms with van der Waals surface area (Å²) in [5.41, 5.74) is -1.68.